The molecular formula is C15H26O2. The van der Waals surface area contributed by atoms with Crippen molar-refractivity contribution >= 4 is 5.97 Å². The Morgan fingerprint density at radius 1 is 1.06 bits per heavy atom. The number of rotatable bonds is 7. The summed E-state index contributed by atoms with van der Waals surface area (Å²) in [5.74, 6) is -0.251. The van der Waals surface area contributed by atoms with Crippen molar-refractivity contribution in [1.82, 2.24) is 0 Å². The lowest BCUT2D eigenvalue weighted by Crippen LogP contribution is -2.22. The highest BCUT2D eigenvalue weighted by Crippen LogP contribution is 2.07. The first-order valence-corrected chi connectivity index (χ1v) is 6.50. The van der Waals surface area contributed by atoms with E-state index in [0.29, 0.717) is 0 Å². The highest BCUT2D eigenvalue weighted by Gasteiger charge is 2.13. The number of hydrogen-bond acceptors (Lipinski definition) is 2. The normalized spacial score (nSPS) is 12.5. The molecule has 0 saturated heterocycles. The molecule has 0 fully saturated rings. The SMILES string of the molecule is CCC/C=C/CCC/C=C/C(=O)OC(C)(C)C. The molecule has 0 heterocycles. The summed E-state index contributed by atoms with van der Waals surface area (Å²) in [6.45, 7) is 7.79. The van der Waals surface area contributed by atoms with Gasteiger partial charge in [-0.05, 0) is 46.5 Å². The maximum absolute atomic E-state index is 11.3. The second kappa shape index (κ2) is 9.03. The Balaban J connectivity index is 3.57. The van der Waals surface area contributed by atoms with Crippen LogP contribution < -0.4 is 0 Å². The lowest BCUT2D eigenvalue weighted by Gasteiger charge is -2.17. The van der Waals surface area contributed by atoms with Crippen LogP contribution in [0.4, 0.5) is 0 Å². The van der Waals surface area contributed by atoms with Crippen LogP contribution in [0.2, 0.25) is 0 Å². The van der Waals surface area contributed by atoms with E-state index in [1.165, 1.54) is 12.5 Å². The van der Waals surface area contributed by atoms with E-state index in [2.05, 4.69) is 19.1 Å². The number of carbonyl (C=O) groups excluding carboxylic acids is 1. The summed E-state index contributed by atoms with van der Waals surface area (Å²) in [4.78, 5) is 11.3. The van der Waals surface area contributed by atoms with Gasteiger partial charge in [0, 0.05) is 6.08 Å². The molecule has 2 heteroatoms. The molecule has 0 aromatic carbocycles. The van der Waals surface area contributed by atoms with Crippen LogP contribution in [0.1, 0.15) is 59.8 Å². The maximum atomic E-state index is 11.3. The first-order valence-electron chi connectivity index (χ1n) is 6.50. The molecule has 0 aliphatic carbocycles. The van der Waals surface area contributed by atoms with Gasteiger partial charge in [0.05, 0.1) is 0 Å². The van der Waals surface area contributed by atoms with Crippen LogP contribution in [0, 0.1) is 0 Å². The van der Waals surface area contributed by atoms with Crippen molar-refractivity contribution < 1.29 is 9.53 Å². The van der Waals surface area contributed by atoms with E-state index < -0.39 is 5.60 Å². The second-order valence-corrected chi connectivity index (χ2v) is 5.13. The first-order chi connectivity index (χ1) is 7.95. The van der Waals surface area contributed by atoms with Crippen LogP contribution in [0.3, 0.4) is 0 Å². The minimum Gasteiger partial charge on any atom is -0.457 e. The summed E-state index contributed by atoms with van der Waals surface area (Å²) >= 11 is 0. The lowest BCUT2D eigenvalue weighted by atomic mass is 10.2. The third-order valence-corrected chi connectivity index (χ3v) is 2.02. The fourth-order valence-electron chi connectivity index (χ4n) is 1.27. The van der Waals surface area contributed by atoms with Crippen molar-refractivity contribution in [3.8, 4) is 0 Å². The molecule has 0 radical (unpaired) electrons. The van der Waals surface area contributed by atoms with Gasteiger partial charge in [0.25, 0.3) is 0 Å². The Kier molecular flexibility index (Phi) is 8.47. The van der Waals surface area contributed by atoms with Crippen molar-refractivity contribution in [1.29, 1.82) is 0 Å². The maximum Gasteiger partial charge on any atom is 0.330 e. The Bertz CT molecular complexity index is 257. The molecule has 2 nitrogen and oxygen atoms in total. The van der Waals surface area contributed by atoms with Crippen molar-refractivity contribution in [3.63, 3.8) is 0 Å². The Morgan fingerprint density at radius 2 is 1.65 bits per heavy atom. The lowest BCUT2D eigenvalue weighted by molar-refractivity contribution is -0.148. The number of ether oxygens (including phenoxy) is 1. The van der Waals surface area contributed by atoms with E-state index in [4.69, 9.17) is 4.74 Å². The van der Waals surface area contributed by atoms with Crippen molar-refractivity contribution in [2.45, 2.75) is 65.4 Å². The van der Waals surface area contributed by atoms with E-state index in [-0.39, 0.29) is 5.97 Å². The zero-order valence-electron chi connectivity index (χ0n) is 11.7. The predicted octanol–water partition coefficient (Wildman–Crippen LogP) is 4.41. The van der Waals surface area contributed by atoms with Crippen LogP contribution in [0.15, 0.2) is 24.3 Å². The van der Waals surface area contributed by atoms with Gasteiger partial charge in [0.15, 0.2) is 0 Å². The first kappa shape index (κ1) is 16.0. The molecule has 0 aromatic heterocycles. The summed E-state index contributed by atoms with van der Waals surface area (Å²) in [6, 6.07) is 0. The summed E-state index contributed by atoms with van der Waals surface area (Å²) in [7, 11) is 0. The van der Waals surface area contributed by atoms with Gasteiger partial charge in [-0.1, -0.05) is 31.6 Å². The fourth-order valence-corrected chi connectivity index (χ4v) is 1.27. The molecule has 0 amide bonds. The van der Waals surface area contributed by atoms with Gasteiger partial charge < -0.3 is 4.74 Å². The van der Waals surface area contributed by atoms with Gasteiger partial charge in [0.2, 0.25) is 0 Å². The van der Waals surface area contributed by atoms with Gasteiger partial charge in [-0.15, -0.1) is 0 Å². The highest BCUT2D eigenvalue weighted by atomic mass is 16.6. The third kappa shape index (κ3) is 12.9. The van der Waals surface area contributed by atoms with Crippen LogP contribution in [0.5, 0.6) is 0 Å². The number of esters is 1. The molecule has 17 heavy (non-hydrogen) atoms. The molecule has 0 saturated carbocycles. The fraction of sp³-hybridized carbons (Fsp3) is 0.667. The summed E-state index contributed by atoms with van der Waals surface area (Å²) in [6.07, 6.45) is 13.3. The molecule has 0 aromatic rings. The second-order valence-electron chi connectivity index (χ2n) is 5.13. The molecule has 0 unspecified atom stereocenters. The molecular weight excluding hydrogens is 212 g/mol. The minimum atomic E-state index is -0.398. The monoisotopic (exact) mass is 238 g/mol. The molecule has 98 valence electrons. The van der Waals surface area contributed by atoms with Crippen LogP contribution in [-0.4, -0.2) is 11.6 Å². The Labute approximate surface area is 106 Å². The number of unbranched alkanes of at least 4 members (excludes halogenated alkanes) is 3. The molecule has 0 aliphatic rings. The third-order valence-electron chi connectivity index (χ3n) is 2.02. The van der Waals surface area contributed by atoms with Gasteiger partial charge in [-0.3, -0.25) is 0 Å². The van der Waals surface area contributed by atoms with Crippen molar-refractivity contribution in [2.24, 2.45) is 0 Å². The van der Waals surface area contributed by atoms with Crippen LogP contribution >= 0.6 is 0 Å². The molecule has 0 aliphatic heterocycles. The number of carbonyl (C=O) groups is 1. The van der Waals surface area contributed by atoms with Gasteiger partial charge >= 0.3 is 5.97 Å². The molecule has 0 bridgehead atoms. The quantitative estimate of drug-likeness (QED) is 0.284. The van der Waals surface area contributed by atoms with E-state index in [1.807, 2.05) is 26.8 Å². The number of allylic oxidation sites excluding steroid dienone is 3. The van der Waals surface area contributed by atoms with Gasteiger partial charge in [0.1, 0.15) is 5.60 Å². The zero-order chi connectivity index (χ0) is 13.1. The zero-order valence-corrected chi connectivity index (χ0v) is 11.7. The van der Waals surface area contributed by atoms with Crippen LogP contribution in [-0.2, 0) is 9.53 Å². The van der Waals surface area contributed by atoms with E-state index in [0.717, 1.165) is 25.7 Å². The van der Waals surface area contributed by atoms with E-state index in [9.17, 15) is 4.79 Å². The average molecular weight is 238 g/mol. The Hall–Kier alpha value is -1.05. The van der Waals surface area contributed by atoms with Crippen molar-refractivity contribution in [3.05, 3.63) is 24.3 Å². The molecule has 0 atom stereocenters. The summed E-state index contributed by atoms with van der Waals surface area (Å²) in [5, 5.41) is 0. The number of hydrogen-bond donors (Lipinski definition) is 0. The molecule has 0 N–H and O–H groups in total. The summed E-state index contributed by atoms with van der Waals surface area (Å²) in [5.41, 5.74) is -0.398. The minimum absolute atomic E-state index is 0.251. The van der Waals surface area contributed by atoms with Gasteiger partial charge in [-0.2, -0.15) is 0 Å². The van der Waals surface area contributed by atoms with E-state index in [1.54, 1.807) is 0 Å². The predicted molar refractivity (Wildman–Crippen MR) is 72.9 cm³/mol. The molecule has 0 spiro atoms. The highest BCUT2D eigenvalue weighted by molar-refractivity contribution is 5.82. The average Bonchev–Trinajstić information content (AvgIpc) is 2.19. The van der Waals surface area contributed by atoms with Crippen LogP contribution in [0.25, 0.3) is 0 Å². The van der Waals surface area contributed by atoms with E-state index >= 15 is 0 Å². The largest absolute Gasteiger partial charge is 0.457 e. The van der Waals surface area contributed by atoms with Crippen molar-refractivity contribution in [2.75, 3.05) is 0 Å². The Morgan fingerprint density at radius 3 is 2.24 bits per heavy atom. The smallest absolute Gasteiger partial charge is 0.330 e. The topological polar surface area (TPSA) is 26.3 Å². The standard InChI is InChI=1S/C15H26O2/c1-5-6-7-8-9-10-11-12-13-14(16)17-15(2,3)4/h7-8,12-13H,5-6,9-11H2,1-4H3/b8-7+,13-12+. The summed E-state index contributed by atoms with van der Waals surface area (Å²) < 4.78 is 5.16. The molecule has 0 rings (SSSR count). The van der Waals surface area contributed by atoms with Gasteiger partial charge in [-0.25, -0.2) is 4.79 Å².